The first-order chi connectivity index (χ1) is 14.2. The lowest BCUT2D eigenvalue weighted by atomic mass is 9.98. The van der Waals surface area contributed by atoms with Gasteiger partial charge in [0.1, 0.15) is 5.01 Å². The Bertz CT molecular complexity index is 1200. The Morgan fingerprint density at radius 2 is 1.87 bits per heavy atom. The van der Waals surface area contributed by atoms with Crippen molar-refractivity contribution in [1.29, 1.82) is 0 Å². The van der Waals surface area contributed by atoms with Crippen LogP contribution in [0.3, 0.4) is 0 Å². The second kappa shape index (κ2) is 7.49. The van der Waals surface area contributed by atoms with Gasteiger partial charge >= 0.3 is 0 Å². The maximum absolute atomic E-state index is 13.1. The molecule has 3 heterocycles. The standard InChI is InChI=1S/C21H22N6O2S/c1-12-11-13(2)27(26-12)18-15(22-17(29-18)14-9-7-6-8-10-14)16(28)23-20-25-24-19(30-20)21(3,4)5/h6-11H,1-5H3,(H,23,25,28). The lowest BCUT2D eigenvalue weighted by molar-refractivity contribution is 0.102. The number of amides is 1. The van der Waals surface area contributed by atoms with Crippen LogP contribution in [0, 0.1) is 13.8 Å². The summed E-state index contributed by atoms with van der Waals surface area (Å²) in [6.07, 6.45) is 0. The highest BCUT2D eigenvalue weighted by atomic mass is 32.1. The van der Waals surface area contributed by atoms with E-state index in [1.54, 1.807) is 4.68 Å². The molecule has 1 aromatic carbocycles. The van der Waals surface area contributed by atoms with Gasteiger partial charge in [-0.1, -0.05) is 50.3 Å². The minimum absolute atomic E-state index is 0.132. The van der Waals surface area contributed by atoms with E-state index >= 15 is 0 Å². The van der Waals surface area contributed by atoms with Gasteiger partial charge in [-0.25, -0.2) is 9.67 Å². The predicted molar refractivity (Wildman–Crippen MR) is 115 cm³/mol. The largest absolute Gasteiger partial charge is 0.417 e. The quantitative estimate of drug-likeness (QED) is 0.518. The summed E-state index contributed by atoms with van der Waals surface area (Å²) in [4.78, 5) is 17.6. The van der Waals surface area contributed by atoms with Gasteiger partial charge in [-0.3, -0.25) is 10.1 Å². The van der Waals surface area contributed by atoms with Gasteiger partial charge in [-0.2, -0.15) is 5.10 Å². The monoisotopic (exact) mass is 422 g/mol. The van der Waals surface area contributed by atoms with Gasteiger partial charge < -0.3 is 4.42 Å². The maximum Gasteiger partial charge on any atom is 0.281 e. The van der Waals surface area contributed by atoms with Crippen molar-refractivity contribution in [3.05, 3.63) is 58.5 Å². The number of benzene rings is 1. The molecule has 154 valence electrons. The smallest absolute Gasteiger partial charge is 0.281 e. The van der Waals surface area contributed by atoms with Gasteiger partial charge in [0.05, 0.1) is 5.69 Å². The Kier molecular flexibility index (Phi) is 4.98. The topological polar surface area (TPSA) is 98.7 Å². The molecule has 0 radical (unpaired) electrons. The SMILES string of the molecule is Cc1cc(C)n(-c2oc(-c3ccccc3)nc2C(=O)Nc2nnc(C(C)(C)C)s2)n1. The molecule has 0 saturated heterocycles. The lowest BCUT2D eigenvalue weighted by Gasteiger charge is -2.12. The summed E-state index contributed by atoms with van der Waals surface area (Å²) in [5, 5.41) is 16.8. The number of aromatic nitrogens is 5. The van der Waals surface area contributed by atoms with Crippen LogP contribution in [0.25, 0.3) is 17.3 Å². The number of rotatable bonds is 4. The Morgan fingerprint density at radius 1 is 1.13 bits per heavy atom. The lowest BCUT2D eigenvalue weighted by Crippen LogP contribution is -2.15. The number of hydrogen-bond acceptors (Lipinski definition) is 7. The minimum atomic E-state index is -0.430. The number of carbonyl (C=O) groups is 1. The fraction of sp³-hybridized carbons (Fsp3) is 0.286. The summed E-state index contributed by atoms with van der Waals surface area (Å²) in [6, 6.07) is 11.3. The van der Waals surface area contributed by atoms with E-state index in [4.69, 9.17) is 4.42 Å². The number of oxazole rings is 1. The zero-order valence-corrected chi connectivity index (χ0v) is 18.2. The molecule has 0 atom stereocenters. The number of carbonyl (C=O) groups excluding carboxylic acids is 1. The molecule has 9 heteroatoms. The molecule has 1 N–H and O–H groups in total. The average Bonchev–Trinajstić information content (AvgIpc) is 3.40. The molecule has 0 spiro atoms. The van der Waals surface area contributed by atoms with Crippen molar-refractivity contribution in [2.24, 2.45) is 0 Å². The highest BCUT2D eigenvalue weighted by Gasteiger charge is 2.26. The van der Waals surface area contributed by atoms with E-state index < -0.39 is 5.91 Å². The molecule has 3 aromatic heterocycles. The number of anilines is 1. The highest BCUT2D eigenvalue weighted by molar-refractivity contribution is 7.15. The van der Waals surface area contributed by atoms with Crippen LogP contribution in [-0.4, -0.2) is 30.9 Å². The summed E-state index contributed by atoms with van der Waals surface area (Å²) in [6.45, 7) is 9.91. The van der Waals surface area contributed by atoms with Crippen LogP contribution in [0.5, 0.6) is 0 Å². The van der Waals surface area contributed by atoms with Crippen molar-refractivity contribution < 1.29 is 9.21 Å². The normalized spacial score (nSPS) is 11.6. The molecule has 0 saturated carbocycles. The zero-order valence-electron chi connectivity index (χ0n) is 17.4. The van der Waals surface area contributed by atoms with Crippen molar-refractivity contribution in [2.45, 2.75) is 40.0 Å². The van der Waals surface area contributed by atoms with Gasteiger partial charge in [0.15, 0.2) is 5.69 Å². The van der Waals surface area contributed by atoms with Crippen LogP contribution in [0.4, 0.5) is 5.13 Å². The minimum Gasteiger partial charge on any atom is -0.417 e. The van der Waals surface area contributed by atoms with Crippen molar-refractivity contribution in [3.8, 4) is 17.3 Å². The van der Waals surface area contributed by atoms with E-state index in [9.17, 15) is 4.79 Å². The van der Waals surface area contributed by atoms with Crippen molar-refractivity contribution in [3.63, 3.8) is 0 Å². The summed E-state index contributed by atoms with van der Waals surface area (Å²) in [7, 11) is 0. The summed E-state index contributed by atoms with van der Waals surface area (Å²) < 4.78 is 7.58. The summed E-state index contributed by atoms with van der Waals surface area (Å²) in [5.74, 6) is 0.175. The molecule has 4 aromatic rings. The fourth-order valence-corrected chi connectivity index (χ4v) is 3.67. The third kappa shape index (κ3) is 3.88. The number of nitrogens with one attached hydrogen (secondary N) is 1. The Morgan fingerprint density at radius 3 is 2.47 bits per heavy atom. The summed E-state index contributed by atoms with van der Waals surface area (Å²) in [5.41, 5.74) is 2.40. The van der Waals surface area contributed by atoms with Crippen LogP contribution < -0.4 is 5.32 Å². The molecule has 1 amide bonds. The molecule has 0 aliphatic carbocycles. The van der Waals surface area contributed by atoms with E-state index in [0.29, 0.717) is 11.0 Å². The Balaban J connectivity index is 1.74. The van der Waals surface area contributed by atoms with Crippen molar-refractivity contribution in [2.75, 3.05) is 5.32 Å². The van der Waals surface area contributed by atoms with E-state index in [1.807, 2.05) is 71.0 Å². The number of nitrogens with zero attached hydrogens (tertiary/aromatic N) is 5. The highest BCUT2D eigenvalue weighted by Crippen LogP contribution is 2.29. The molecule has 0 aliphatic heterocycles. The van der Waals surface area contributed by atoms with Gasteiger partial charge in [-0.15, -0.1) is 10.2 Å². The molecule has 4 rings (SSSR count). The maximum atomic E-state index is 13.1. The van der Waals surface area contributed by atoms with Crippen LogP contribution >= 0.6 is 11.3 Å². The van der Waals surface area contributed by atoms with Crippen molar-refractivity contribution >= 4 is 22.4 Å². The van der Waals surface area contributed by atoms with E-state index in [1.165, 1.54) is 11.3 Å². The van der Waals surface area contributed by atoms with Crippen LogP contribution in [0.15, 0.2) is 40.8 Å². The van der Waals surface area contributed by atoms with Gasteiger partial charge in [0, 0.05) is 16.7 Å². The van der Waals surface area contributed by atoms with Crippen molar-refractivity contribution in [1.82, 2.24) is 25.0 Å². The predicted octanol–water partition coefficient (Wildman–Crippen LogP) is 4.55. The molecule has 0 fully saturated rings. The number of aryl methyl sites for hydroxylation is 2. The summed E-state index contributed by atoms with van der Waals surface area (Å²) >= 11 is 1.34. The molecule has 0 bridgehead atoms. The molecule has 8 nitrogen and oxygen atoms in total. The zero-order chi connectivity index (χ0) is 21.5. The molecular formula is C21H22N6O2S. The van der Waals surface area contributed by atoms with Crippen LogP contribution in [-0.2, 0) is 5.41 Å². The molecule has 30 heavy (non-hydrogen) atoms. The molecule has 0 unspecified atom stereocenters. The Hall–Kier alpha value is -3.33. The molecular weight excluding hydrogens is 400 g/mol. The average molecular weight is 423 g/mol. The first-order valence-electron chi connectivity index (χ1n) is 9.47. The third-order valence-electron chi connectivity index (χ3n) is 4.33. The fourth-order valence-electron chi connectivity index (χ4n) is 2.88. The van der Waals surface area contributed by atoms with Gasteiger partial charge in [-0.05, 0) is 32.0 Å². The Labute approximate surface area is 178 Å². The molecule has 0 aliphatic rings. The van der Waals surface area contributed by atoms with Crippen LogP contribution in [0.2, 0.25) is 0 Å². The first kappa shape index (κ1) is 20.0. The first-order valence-corrected chi connectivity index (χ1v) is 10.3. The number of hydrogen-bond donors (Lipinski definition) is 1. The van der Waals surface area contributed by atoms with E-state index in [0.717, 1.165) is 22.0 Å². The third-order valence-corrected chi connectivity index (χ3v) is 5.60. The second-order valence-corrected chi connectivity index (χ2v) is 8.97. The van der Waals surface area contributed by atoms with E-state index in [2.05, 4.69) is 25.6 Å². The second-order valence-electron chi connectivity index (χ2n) is 7.99. The van der Waals surface area contributed by atoms with Gasteiger partial charge in [0.2, 0.25) is 11.0 Å². The van der Waals surface area contributed by atoms with Crippen LogP contribution in [0.1, 0.15) is 47.7 Å². The van der Waals surface area contributed by atoms with E-state index in [-0.39, 0.29) is 17.0 Å². The van der Waals surface area contributed by atoms with Gasteiger partial charge in [0.25, 0.3) is 11.8 Å².